The van der Waals surface area contributed by atoms with Crippen LogP contribution >= 0.6 is 0 Å². The maximum atomic E-state index is 14.0. The van der Waals surface area contributed by atoms with Gasteiger partial charge in [-0.3, -0.25) is 4.79 Å². The molecule has 170 valence electrons. The molecule has 1 N–H and O–H groups in total. The van der Waals surface area contributed by atoms with Crippen LogP contribution in [0.5, 0.6) is 0 Å². The zero-order valence-electron chi connectivity index (χ0n) is 16.9. The van der Waals surface area contributed by atoms with Crippen molar-refractivity contribution in [2.24, 2.45) is 5.41 Å². The summed E-state index contributed by atoms with van der Waals surface area (Å²) in [7, 11) is 0. The number of carbonyl (C=O) groups excluding carboxylic acids is 2. The quantitative estimate of drug-likeness (QED) is 0.667. The lowest BCUT2D eigenvalue weighted by molar-refractivity contribution is -0.137. The van der Waals surface area contributed by atoms with E-state index >= 15 is 0 Å². The lowest BCUT2D eigenvalue weighted by Crippen LogP contribution is -2.37. The molecule has 0 saturated carbocycles. The zero-order chi connectivity index (χ0) is 23.1. The van der Waals surface area contributed by atoms with Gasteiger partial charge in [-0.15, -0.1) is 0 Å². The van der Waals surface area contributed by atoms with Crippen LogP contribution in [-0.2, 0) is 6.18 Å². The molecule has 10 heteroatoms. The molecule has 0 bridgehead atoms. The largest absolute Gasteiger partial charge is 0.416 e. The highest BCUT2D eigenvalue weighted by Gasteiger charge is 2.46. The van der Waals surface area contributed by atoms with Crippen LogP contribution in [-0.4, -0.2) is 47.9 Å². The minimum Gasteiger partial charge on any atom is -0.338 e. The van der Waals surface area contributed by atoms with E-state index in [0.717, 1.165) is 24.3 Å². The van der Waals surface area contributed by atoms with Gasteiger partial charge in [-0.1, -0.05) is 6.07 Å². The van der Waals surface area contributed by atoms with Gasteiger partial charge in [0, 0.05) is 37.3 Å². The van der Waals surface area contributed by atoms with Crippen molar-refractivity contribution in [3.63, 3.8) is 0 Å². The summed E-state index contributed by atoms with van der Waals surface area (Å²) in [6.45, 7) is 1.33. The molecule has 2 aromatic carbocycles. The minimum atomic E-state index is -4.46. The van der Waals surface area contributed by atoms with Gasteiger partial charge in [-0.2, -0.15) is 13.2 Å². The normalized spacial score (nSPS) is 20.8. The van der Waals surface area contributed by atoms with Crippen molar-refractivity contribution in [1.29, 1.82) is 0 Å². The molecule has 2 fully saturated rings. The second-order valence-electron chi connectivity index (χ2n) is 8.25. The summed E-state index contributed by atoms with van der Waals surface area (Å²) in [4.78, 5) is 28.2. The maximum Gasteiger partial charge on any atom is 0.416 e. The summed E-state index contributed by atoms with van der Waals surface area (Å²) in [6.07, 6.45) is -3.27. The van der Waals surface area contributed by atoms with Crippen LogP contribution in [0.4, 0.5) is 32.4 Å². The van der Waals surface area contributed by atoms with Gasteiger partial charge in [0.15, 0.2) is 0 Å². The third-order valence-corrected chi connectivity index (χ3v) is 6.09. The summed E-state index contributed by atoms with van der Waals surface area (Å²) in [5.74, 6) is -2.55. The van der Waals surface area contributed by atoms with Crippen molar-refractivity contribution in [2.75, 3.05) is 31.5 Å². The fourth-order valence-corrected chi connectivity index (χ4v) is 4.36. The molecule has 2 heterocycles. The summed E-state index contributed by atoms with van der Waals surface area (Å²) >= 11 is 0. The van der Waals surface area contributed by atoms with Crippen molar-refractivity contribution in [2.45, 2.75) is 19.0 Å². The Hall–Kier alpha value is -3.17. The lowest BCUT2D eigenvalue weighted by atomic mass is 9.86. The van der Waals surface area contributed by atoms with Crippen molar-refractivity contribution in [1.82, 2.24) is 9.80 Å². The molecule has 5 nitrogen and oxygen atoms in total. The minimum absolute atomic E-state index is 0.238. The van der Waals surface area contributed by atoms with Crippen LogP contribution < -0.4 is 5.32 Å². The molecule has 2 aliphatic rings. The number of benzene rings is 2. The van der Waals surface area contributed by atoms with E-state index in [0.29, 0.717) is 32.5 Å². The van der Waals surface area contributed by atoms with Gasteiger partial charge >= 0.3 is 12.2 Å². The van der Waals surface area contributed by atoms with E-state index in [-0.39, 0.29) is 17.6 Å². The molecule has 0 aliphatic carbocycles. The molecule has 1 atom stereocenters. The fraction of sp³-hybridized carbons (Fsp3) is 0.364. The van der Waals surface area contributed by atoms with E-state index in [4.69, 9.17) is 0 Å². The first-order valence-corrected chi connectivity index (χ1v) is 10.0. The SMILES string of the molecule is O=C(Nc1ccc(C(F)(F)F)cc1)N1CCC2(CCN(C(=O)c3c(F)cccc3F)C2)C1. The molecular weight excluding hydrogens is 433 g/mol. The zero-order valence-corrected chi connectivity index (χ0v) is 16.9. The number of amides is 3. The van der Waals surface area contributed by atoms with Gasteiger partial charge in [0.25, 0.3) is 5.91 Å². The monoisotopic (exact) mass is 453 g/mol. The first-order valence-electron chi connectivity index (χ1n) is 10.0. The van der Waals surface area contributed by atoms with Crippen LogP contribution in [0.25, 0.3) is 0 Å². The van der Waals surface area contributed by atoms with Crippen molar-refractivity contribution in [3.05, 3.63) is 65.2 Å². The van der Waals surface area contributed by atoms with Crippen molar-refractivity contribution >= 4 is 17.6 Å². The van der Waals surface area contributed by atoms with Crippen LogP contribution in [0.2, 0.25) is 0 Å². The summed E-state index contributed by atoms with van der Waals surface area (Å²) in [6, 6.07) is 6.96. The molecule has 1 unspecified atom stereocenters. The number of carbonyl (C=O) groups is 2. The summed E-state index contributed by atoms with van der Waals surface area (Å²) in [5.41, 5.74) is -1.53. The Morgan fingerprint density at radius 3 is 2.03 bits per heavy atom. The smallest absolute Gasteiger partial charge is 0.338 e. The van der Waals surface area contributed by atoms with E-state index in [9.17, 15) is 31.5 Å². The average Bonchev–Trinajstić information content (AvgIpc) is 3.35. The van der Waals surface area contributed by atoms with Gasteiger partial charge in [-0.05, 0) is 49.2 Å². The Kier molecular flexibility index (Phi) is 5.56. The third kappa shape index (κ3) is 4.26. The highest BCUT2D eigenvalue weighted by Crippen LogP contribution is 2.40. The number of likely N-dealkylation sites (tertiary alicyclic amines) is 2. The number of rotatable bonds is 2. The number of hydrogen-bond acceptors (Lipinski definition) is 2. The van der Waals surface area contributed by atoms with Gasteiger partial charge in [-0.25, -0.2) is 13.6 Å². The summed E-state index contributed by atoms with van der Waals surface area (Å²) < 4.78 is 66.0. The molecule has 1 spiro atoms. The van der Waals surface area contributed by atoms with E-state index in [1.54, 1.807) is 0 Å². The third-order valence-electron chi connectivity index (χ3n) is 6.09. The predicted molar refractivity (Wildman–Crippen MR) is 106 cm³/mol. The molecule has 2 saturated heterocycles. The highest BCUT2D eigenvalue weighted by molar-refractivity contribution is 5.95. The van der Waals surface area contributed by atoms with Crippen molar-refractivity contribution < 1.29 is 31.5 Å². The van der Waals surface area contributed by atoms with Crippen LogP contribution in [0.3, 0.4) is 0 Å². The van der Waals surface area contributed by atoms with Gasteiger partial charge in [0.2, 0.25) is 0 Å². The Balaban J connectivity index is 1.38. The van der Waals surface area contributed by atoms with E-state index in [1.807, 2.05) is 0 Å². The number of hydrogen-bond donors (Lipinski definition) is 1. The van der Waals surface area contributed by atoms with Crippen LogP contribution in [0.15, 0.2) is 42.5 Å². The number of nitrogens with zero attached hydrogens (tertiary/aromatic N) is 2. The standard InChI is InChI=1S/C22H20F5N3O2/c23-16-2-1-3-17(24)18(16)19(31)29-10-8-21(12-29)9-11-30(13-21)20(32)28-15-6-4-14(5-7-15)22(25,26)27/h1-7H,8-13H2,(H,28,32). The molecule has 32 heavy (non-hydrogen) atoms. The Morgan fingerprint density at radius 2 is 1.44 bits per heavy atom. The fourth-order valence-electron chi connectivity index (χ4n) is 4.36. The molecule has 0 aromatic heterocycles. The maximum absolute atomic E-state index is 14.0. The molecule has 4 rings (SSSR count). The second-order valence-corrected chi connectivity index (χ2v) is 8.25. The van der Waals surface area contributed by atoms with Gasteiger partial charge in [0.1, 0.15) is 17.2 Å². The lowest BCUT2D eigenvalue weighted by Gasteiger charge is -2.25. The first kappa shape index (κ1) is 22.0. The molecule has 2 aromatic rings. The second kappa shape index (κ2) is 8.07. The van der Waals surface area contributed by atoms with E-state index in [1.165, 1.54) is 28.0 Å². The Bertz CT molecular complexity index is 1020. The topological polar surface area (TPSA) is 52.7 Å². The van der Waals surface area contributed by atoms with E-state index in [2.05, 4.69) is 5.32 Å². The molecule has 2 aliphatic heterocycles. The average molecular weight is 453 g/mol. The molecule has 3 amide bonds. The number of urea groups is 1. The molecule has 0 radical (unpaired) electrons. The van der Waals surface area contributed by atoms with Gasteiger partial charge in [0.05, 0.1) is 5.56 Å². The summed E-state index contributed by atoms with van der Waals surface area (Å²) in [5, 5.41) is 2.58. The number of nitrogens with one attached hydrogen (secondary N) is 1. The first-order chi connectivity index (χ1) is 15.1. The Labute approximate surface area is 180 Å². The number of alkyl halides is 3. The molecular formula is C22H20F5N3O2. The number of anilines is 1. The Morgan fingerprint density at radius 1 is 0.875 bits per heavy atom. The predicted octanol–water partition coefficient (Wildman–Crippen LogP) is 4.75. The van der Waals surface area contributed by atoms with Gasteiger partial charge < -0.3 is 15.1 Å². The van der Waals surface area contributed by atoms with Crippen LogP contribution in [0, 0.1) is 17.0 Å². The van der Waals surface area contributed by atoms with E-state index < -0.39 is 40.9 Å². The number of halogens is 5. The highest BCUT2D eigenvalue weighted by atomic mass is 19.4. The van der Waals surface area contributed by atoms with Crippen molar-refractivity contribution in [3.8, 4) is 0 Å². The van der Waals surface area contributed by atoms with Crippen LogP contribution in [0.1, 0.15) is 28.8 Å².